The molecule has 0 saturated heterocycles. The Morgan fingerprint density at radius 3 is 2.77 bits per heavy atom. The number of carbonyl (C=O) groups is 1. The molecule has 0 bridgehead atoms. The molecule has 7 nitrogen and oxygen atoms in total. The quantitative estimate of drug-likeness (QED) is 0.499. The van der Waals surface area contributed by atoms with Crippen LogP contribution in [0.5, 0.6) is 0 Å². The lowest BCUT2D eigenvalue weighted by atomic mass is 10.1. The predicted octanol–water partition coefficient (Wildman–Crippen LogP) is 3.82. The third kappa shape index (κ3) is 4.03. The molecule has 0 spiro atoms. The van der Waals surface area contributed by atoms with E-state index in [1.165, 1.54) is 35.7 Å². The number of aromatic nitrogens is 5. The number of nitrogens with one attached hydrogen (secondary N) is 1. The number of hydrogen-bond acceptors (Lipinski definition) is 5. The first-order valence-electron chi connectivity index (χ1n) is 10.6. The van der Waals surface area contributed by atoms with Crippen LogP contribution in [0.3, 0.4) is 0 Å². The zero-order valence-corrected chi connectivity index (χ0v) is 17.5. The fourth-order valence-corrected chi connectivity index (χ4v) is 3.99. The van der Waals surface area contributed by atoms with Crippen molar-refractivity contribution in [1.82, 2.24) is 29.8 Å². The number of fused-ring (bicyclic) bond motifs is 1. The second-order valence-corrected chi connectivity index (χ2v) is 8.14. The van der Waals surface area contributed by atoms with Gasteiger partial charge in [0.15, 0.2) is 5.69 Å². The van der Waals surface area contributed by atoms with E-state index in [4.69, 9.17) is 0 Å². The minimum absolute atomic E-state index is 0.0881. The molecule has 1 aliphatic carbocycles. The van der Waals surface area contributed by atoms with Gasteiger partial charge < -0.3 is 9.88 Å². The van der Waals surface area contributed by atoms with Gasteiger partial charge in [-0.3, -0.25) is 9.78 Å². The molecule has 0 aliphatic heterocycles. The van der Waals surface area contributed by atoms with Gasteiger partial charge in [-0.2, -0.15) is 0 Å². The van der Waals surface area contributed by atoms with Crippen molar-refractivity contribution in [2.45, 2.75) is 26.2 Å². The van der Waals surface area contributed by atoms with Crippen molar-refractivity contribution in [3.63, 3.8) is 0 Å². The number of rotatable bonds is 7. The van der Waals surface area contributed by atoms with Crippen LogP contribution in [0.4, 0.5) is 0 Å². The summed E-state index contributed by atoms with van der Waals surface area (Å²) in [6.45, 7) is 3.49. The average Bonchev–Trinajstić information content (AvgIpc) is 3.54. The van der Waals surface area contributed by atoms with Gasteiger partial charge in [0.25, 0.3) is 5.91 Å². The Bertz CT molecular complexity index is 1220. The molecule has 7 heteroatoms. The molecule has 4 aromatic rings. The lowest BCUT2D eigenvalue weighted by Crippen LogP contribution is -2.35. The van der Waals surface area contributed by atoms with Crippen LogP contribution in [-0.2, 0) is 6.42 Å². The fraction of sp³-hybridized carbons (Fsp3) is 0.292. The zero-order valence-electron chi connectivity index (χ0n) is 17.5. The second kappa shape index (κ2) is 8.26. The first-order valence-corrected chi connectivity index (χ1v) is 10.6. The second-order valence-electron chi connectivity index (χ2n) is 8.14. The molecule has 156 valence electrons. The molecule has 5 rings (SSSR count). The predicted molar refractivity (Wildman–Crippen MR) is 118 cm³/mol. The van der Waals surface area contributed by atoms with Crippen molar-refractivity contribution in [3.8, 4) is 11.3 Å². The molecule has 1 aromatic carbocycles. The molecule has 1 saturated carbocycles. The largest absolute Gasteiger partial charge is 0.361 e. The molecule has 31 heavy (non-hydrogen) atoms. The first-order chi connectivity index (χ1) is 15.2. The normalized spacial score (nSPS) is 13.5. The maximum absolute atomic E-state index is 13.6. The van der Waals surface area contributed by atoms with Crippen molar-refractivity contribution < 1.29 is 4.79 Å². The van der Waals surface area contributed by atoms with Gasteiger partial charge in [-0.25, -0.2) is 15.0 Å². The van der Waals surface area contributed by atoms with E-state index in [9.17, 15) is 4.79 Å². The Balaban J connectivity index is 1.42. The Kier molecular flexibility index (Phi) is 5.16. The Hall–Kier alpha value is -3.61. The minimum Gasteiger partial charge on any atom is -0.361 e. The van der Waals surface area contributed by atoms with Crippen LogP contribution in [0.15, 0.2) is 55.5 Å². The molecular formula is C24H24N6O. The smallest absolute Gasteiger partial charge is 0.274 e. The SMILES string of the molecule is Cc1cccc2c(CCN(CC3CC3)C(=O)c3nccnc3-c3cncnc3)c[nH]c12. The highest BCUT2D eigenvalue weighted by atomic mass is 16.2. The monoisotopic (exact) mass is 412 g/mol. The van der Waals surface area contributed by atoms with Crippen LogP contribution >= 0.6 is 0 Å². The summed E-state index contributed by atoms with van der Waals surface area (Å²) in [5.74, 6) is 0.490. The van der Waals surface area contributed by atoms with E-state index in [2.05, 4.69) is 56.2 Å². The summed E-state index contributed by atoms with van der Waals surface area (Å²) in [5.41, 5.74) is 5.19. The number of para-hydroxylation sites is 1. The van der Waals surface area contributed by atoms with E-state index < -0.39 is 0 Å². The van der Waals surface area contributed by atoms with Crippen LogP contribution in [0, 0.1) is 12.8 Å². The molecule has 0 unspecified atom stereocenters. The topological polar surface area (TPSA) is 87.7 Å². The molecule has 1 amide bonds. The van der Waals surface area contributed by atoms with Crippen molar-refractivity contribution >= 4 is 16.8 Å². The number of aryl methyl sites for hydroxylation is 1. The third-order valence-electron chi connectivity index (χ3n) is 5.86. The van der Waals surface area contributed by atoms with E-state index in [1.54, 1.807) is 24.8 Å². The van der Waals surface area contributed by atoms with Gasteiger partial charge in [-0.15, -0.1) is 0 Å². The lowest BCUT2D eigenvalue weighted by molar-refractivity contribution is 0.0744. The number of nitrogens with zero attached hydrogens (tertiary/aromatic N) is 5. The highest BCUT2D eigenvalue weighted by Gasteiger charge is 2.29. The molecular weight excluding hydrogens is 388 g/mol. The van der Waals surface area contributed by atoms with Crippen molar-refractivity contribution in [1.29, 1.82) is 0 Å². The zero-order chi connectivity index (χ0) is 21.2. The number of hydrogen-bond donors (Lipinski definition) is 1. The Morgan fingerprint density at radius 2 is 1.97 bits per heavy atom. The van der Waals surface area contributed by atoms with Crippen LogP contribution in [0.25, 0.3) is 22.2 Å². The maximum atomic E-state index is 13.6. The standard InChI is InChI=1S/C24H24N6O/c1-16-3-2-4-20-18(13-29-21(16)20)7-10-30(14-17-5-6-17)24(31)23-22(27-8-9-28-23)19-11-25-15-26-12-19/h2-4,8-9,11-13,15,17,29H,5-7,10,14H2,1H3. The molecule has 0 atom stereocenters. The first kappa shape index (κ1) is 19.4. The molecule has 3 aromatic heterocycles. The summed E-state index contributed by atoms with van der Waals surface area (Å²) >= 11 is 0. The van der Waals surface area contributed by atoms with E-state index in [0.29, 0.717) is 29.4 Å². The van der Waals surface area contributed by atoms with Crippen molar-refractivity contribution in [2.75, 3.05) is 13.1 Å². The average molecular weight is 412 g/mol. The van der Waals surface area contributed by atoms with Crippen LogP contribution in [0.1, 0.15) is 34.5 Å². The van der Waals surface area contributed by atoms with Gasteiger partial charge in [0, 0.05) is 60.5 Å². The van der Waals surface area contributed by atoms with Crippen LogP contribution < -0.4 is 0 Å². The highest BCUT2D eigenvalue weighted by molar-refractivity contribution is 5.98. The number of H-pyrrole nitrogens is 1. The number of benzene rings is 1. The third-order valence-corrected chi connectivity index (χ3v) is 5.86. The summed E-state index contributed by atoms with van der Waals surface area (Å²) in [7, 11) is 0. The molecule has 0 radical (unpaired) electrons. The van der Waals surface area contributed by atoms with E-state index in [-0.39, 0.29) is 5.91 Å². The summed E-state index contributed by atoms with van der Waals surface area (Å²) in [4.78, 5) is 35.8. The molecule has 1 fully saturated rings. The van der Waals surface area contributed by atoms with Crippen LogP contribution in [0.2, 0.25) is 0 Å². The van der Waals surface area contributed by atoms with E-state index in [1.807, 2.05) is 4.90 Å². The van der Waals surface area contributed by atoms with Crippen molar-refractivity contribution in [3.05, 3.63) is 72.3 Å². The molecule has 1 aliphatic rings. The Labute approximate surface area is 180 Å². The van der Waals surface area contributed by atoms with E-state index >= 15 is 0 Å². The van der Waals surface area contributed by atoms with Gasteiger partial charge in [-0.05, 0) is 43.2 Å². The van der Waals surface area contributed by atoms with Crippen LogP contribution in [-0.4, -0.2) is 48.8 Å². The van der Waals surface area contributed by atoms with Gasteiger partial charge in [0.2, 0.25) is 0 Å². The summed E-state index contributed by atoms with van der Waals surface area (Å²) < 4.78 is 0. The van der Waals surface area contributed by atoms with Gasteiger partial charge in [0.05, 0.1) is 0 Å². The van der Waals surface area contributed by atoms with E-state index in [0.717, 1.165) is 18.5 Å². The molecule has 3 heterocycles. The highest BCUT2D eigenvalue weighted by Crippen LogP contribution is 2.31. The van der Waals surface area contributed by atoms with Gasteiger partial charge in [-0.1, -0.05) is 18.2 Å². The number of carbonyl (C=O) groups excluding carboxylic acids is 1. The minimum atomic E-state index is -0.0881. The summed E-state index contributed by atoms with van der Waals surface area (Å²) in [6, 6.07) is 6.32. The molecule has 1 N–H and O–H groups in total. The summed E-state index contributed by atoms with van der Waals surface area (Å²) in [5, 5.41) is 1.22. The van der Waals surface area contributed by atoms with Crippen molar-refractivity contribution in [2.24, 2.45) is 5.92 Å². The van der Waals surface area contributed by atoms with Gasteiger partial charge in [0.1, 0.15) is 12.0 Å². The Morgan fingerprint density at radius 1 is 1.16 bits per heavy atom. The number of aromatic amines is 1. The fourth-order valence-electron chi connectivity index (χ4n) is 3.99. The van der Waals surface area contributed by atoms with Gasteiger partial charge >= 0.3 is 0 Å². The summed E-state index contributed by atoms with van der Waals surface area (Å²) in [6.07, 6.45) is 13.1. The lowest BCUT2D eigenvalue weighted by Gasteiger charge is -2.23. The maximum Gasteiger partial charge on any atom is 0.274 e. The number of amides is 1.